The largest absolute Gasteiger partial charge is 0.365 e. The molecule has 2 saturated heterocycles. The molecule has 0 spiro atoms. The minimum Gasteiger partial charge on any atom is -0.365 e. The fourth-order valence-electron chi connectivity index (χ4n) is 3.28. The van der Waals surface area contributed by atoms with Crippen molar-refractivity contribution >= 4 is 11.8 Å². The zero-order chi connectivity index (χ0) is 12.7. The average molecular weight is 249 g/mol. The number of carbonyl (C=O) groups is 2. The molecule has 2 fully saturated rings. The molecule has 0 unspecified atom stereocenters. The van der Waals surface area contributed by atoms with Crippen molar-refractivity contribution in [3.63, 3.8) is 0 Å². The highest BCUT2D eigenvalue weighted by Crippen LogP contribution is 2.45. The number of hydrogen-bond acceptors (Lipinski definition) is 3. The van der Waals surface area contributed by atoms with Crippen molar-refractivity contribution in [2.75, 3.05) is 6.54 Å². The summed E-state index contributed by atoms with van der Waals surface area (Å²) in [4.78, 5) is 26.0. The topological polar surface area (TPSA) is 46.6 Å². The van der Waals surface area contributed by atoms with E-state index in [0.717, 1.165) is 19.3 Å². The van der Waals surface area contributed by atoms with Crippen molar-refractivity contribution in [1.29, 1.82) is 0 Å². The monoisotopic (exact) mass is 249 g/mol. The Hall–Kier alpha value is -1.16. The second kappa shape index (κ2) is 4.50. The van der Waals surface area contributed by atoms with Crippen LogP contribution >= 0.6 is 0 Å². The Bertz CT molecular complexity index is 374. The van der Waals surface area contributed by atoms with E-state index >= 15 is 0 Å². The van der Waals surface area contributed by atoms with Gasteiger partial charge in [-0.3, -0.25) is 14.5 Å². The number of hydrogen-bond donors (Lipinski definition) is 0. The number of fused-ring (bicyclic) bond motifs is 5. The van der Waals surface area contributed by atoms with Gasteiger partial charge in [0.05, 0.1) is 24.0 Å². The molecule has 3 heterocycles. The van der Waals surface area contributed by atoms with E-state index in [9.17, 15) is 9.59 Å². The molecule has 4 heteroatoms. The third-order valence-electron chi connectivity index (χ3n) is 4.24. The van der Waals surface area contributed by atoms with Crippen molar-refractivity contribution in [3.8, 4) is 0 Å². The number of unbranched alkanes of at least 4 members (excludes halogenated alkanes) is 3. The van der Waals surface area contributed by atoms with Gasteiger partial charge in [-0.05, 0) is 6.42 Å². The second-order valence-electron chi connectivity index (χ2n) is 5.39. The summed E-state index contributed by atoms with van der Waals surface area (Å²) in [5.74, 6) is -0.506. The molecule has 3 rings (SSSR count). The molecule has 2 amide bonds. The molecular weight excluding hydrogens is 230 g/mol. The van der Waals surface area contributed by atoms with Crippen LogP contribution in [0, 0.1) is 11.8 Å². The van der Waals surface area contributed by atoms with E-state index in [-0.39, 0.29) is 35.9 Å². The van der Waals surface area contributed by atoms with Crippen LogP contribution in [0.15, 0.2) is 12.2 Å². The zero-order valence-electron chi connectivity index (χ0n) is 10.7. The Morgan fingerprint density at radius 2 is 1.67 bits per heavy atom. The number of amides is 2. The van der Waals surface area contributed by atoms with Crippen molar-refractivity contribution in [3.05, 3.63) is 12.2 Å². The summed E-state index contributed by atoms with van der Waals surface area (Å²) in [5.41, 5.74) is 0. The average Bonchev–Trinajstić information content (AvgIpc) is 3.02. The van der Waals surface area contributed by atoms with Crippen LogP contribution in [-0.4, -0.2) is 35.5 Å². The Morgan fingerprint density at radius 3 is 2.22 bits per heavy atom. The Labute approximate surface area is 107 Å². The predicted molar refractivity (Wildman–Crippen MR) is 65.6 cm³/mol. The highest BCUT2D eigenvalue weighted by Gasteiger charge is 2.60. The highest BCUT2D eigenvalue weighted by molar-refractivity contribution is 6.06. The van der Waals surface area contributed by atoms with E-state index < -0.39 is 0 Å². The molecule has 2 bridgehead atoms. The summed E-state index contributed by atoms with van der Waals surface area (Å²) in [6.45, 7) is 2.74. The SMILES string of the molecule is CCCCCCN1C(=O)[C@@H]2[C@H](C1=O)[C@H]1C=C[C@@H]2O1. The molecular formula is C14H19NO3. The minimum absolute atomic E-state index is 0.0154. The molecule has 0 aromatic rings. The van der Waals surface area contributed by atoms with Gasteiger partial charge in [0.1, 0.15) is 0 Å². The number of nitrogens with zero attached hydrogens (tertiary/aromatic N) is 1. The maximum Gasteiger partial charge on any atom is 0.236 e. The molecule has 18 heavy (non-hydrogen) atoms. The van der Waals surface area contributed by atoms with Gasteiger partial charge >= 0.3 is 0 Å². The molecule has 4 nitrogen and oxygen atoms in total. The molecule has 0 aliphatic carbocycles. The Balaban J connectivity index is 1.65. The lowest BCUT2D eigenvalue weighted by Crippen LogP contribution is -2.35. The molecule has 0 aromatic heterocycles. The van der Waals surface area contributed by atoms with Gasteiger partial charge in [0.2, 0.25) is 11.8 Å². The molecule has 3 aliphatic rings. The first-order valence-electron chi connectivity index (χ1n) is 6.93. The predicted octanol–water partition coefficient (Wildman–Crippen LogP) is 1.51. The summed E-state index contributed by atoms with van der Waals surface area (Å²) in [6, 6.07) is 0. The van der Waals surface area contributed by atoms with E-state index in [1.807, 2.05) is 12.2 Å². The summed E-state index contributed by atoms with van der Waals surface area (Å²) in [7, 11) is 0. The van der Waals surface area contributed by atoms with E-state index in [1.165, 1.54) is 11.3 Å². The fraction of sp³-hybridized carbons (Fsp3) is 0.714. The zero-order valence-corrected chi connectivity index (χ0v) is 10.7. The number of ether oxygens (including phenoxy) is 1. The lowest BCUT2D eigenvalue weighted by atomic mass is 9.85. The molecule has 0 radical (unpaired) electrons. The normalized spacial score (nSPS) is 36.8. The summed E-state index contributed by atoms with van der Waals surface area (Å²) >= 11 is 0. The van der Waals surface area contributed by atoms with Gasteiger partial charge in [-0.15, -0.1) is 0 Å². The van der Waals surface area contributed by atoms with Crippen LogP contribution in [0.5, 0.6) is 0 Å². The summed E-state index contributed by atoms with van der Waals surface area (Å²) in [5, 5.41) is 0. The van der Waals surface area contributed by atoms with Crippen molar-refractivity contribution in [1.82, 2.24) is 4.90 Å². The maximum absolute atomic E-state index is 12.2. The van der Waals surface area contributed by atoms with Crippen LogP contribution in [-0.2, 0) is 14.3 Å². The number of carbonyl (C=O) groups excluding carboxylic acids is 2. The fourth-order valence-corrected chi connectivity index (χ4v) is 3.28. The number of likely N-dealkylation sites (tertiary alicyclic amines) is 1. The van der Waals surface area contributed by atoms with Gasteiger partial charge in [-0.25, -0.2) is 0 Å². The molecule has 0 N–H and O–H groups in total. The maximum atomic E-state index is 12.2. The van der Waals surface area contributed by atoms with Crippen molar-refractivity contribution in [2.45, 2.75) is 44.8 Å². The van der Waals surface area contributed by atoms with E-state index in [2.05, 4.69) is 6.92 Å². The quantitative estimate of drug-likeness (QED) is 0.421. The Kier molecular flexibility index (Phi) is 2.98. The van der Waals surface area contributed by atoms with Gasteiger partial charge < -0.3 is 4.74 Å². The number of imide groups is 1. The van der Waals surface area contributed by atoms with Gasteiger partial charge in [0.25, 0.3) is 0 Å². The lowest BCUT2D eigenvalue weighted by Gasteiger charge is -2.17. The van der Waals surface area contributed by atoms with E-state index in [0.29, 0.717) is 6.54 Å². The smallest absolute Gasteiger partial charge is 0.236 e. The van der Waals surface area contributed by atoms with Gasteiger partial charge in [-0.1, -0.05) is 38.3 Å². The van der Waals surface area contributed by atoms with Crippen LogP contribution < -0.4 is 0 Å². The van der Waals surface area contributed by atoms with Gasteiger partial charge in [0.15, 0.2) is 0 Å². The standard InChI is InChI=1S/C14H19NO3/c1-2-3-4-5-8-15-13(16)11-9-6-7-10(18-9)12(11)14(15)17/h6-7,9-12H,2-5,8H2,1H3/t9-,10+,11-,12+. The first kappa shape index (κ1) is 11.9. The summed E-state index contributed by atoms with van der Waals surface area (Å²) in [6.07, 6.45) is 7.89. The van der Waals surface area contributed by atoms with Gasteiger partial charge in [-0.2, -0.15) is 0 Å². The molecule has 0 aromatic carbocycles. The highest BCUT2D eigenvalue weighted by atomic mass is 16.5. The van der Waals surface area contributed by atoms with Gasteiger partial charge in [0, 0.05) is 6.54 Å². The molecule has 98 valence electrons. The second-order valence-corrected chi connectivity index (χ2v) is 5.39. The first-order valence-corrected chi connectivity index (χ1v) is 6.93. The van der Waals surface area contributed by atoms with Crippen LogP contribution in [0.4, 0.5) is 0 Å². The van der Waals surface area contributed by atoms with Crippen LogP contribution in [0.1, 0.15) is 32.6 Å². The van der Waals surface area contributed by atoms with E-state index in [4.69, 9.17) is 4.74 Å². The van der Waals surface area contributed by atoms with Crippen LogP contribution in [0.3, 0.4) is 0 Å². The van der Waals surface area contributed by atoms with Crippen LogP contribution in [0.2, 0.25) is 0 Å². The lowest BCUT2D eigenvalue weighted by molar-refractivity contribution is -0.142. The third-order valence-corrected chi connectivity index (χ3v) is 4.24. The molecule has 3 aliphatic heterocycles. The summed E-state index contributed by atoms with van der Waals surface area (Å²) < 4.78 is 5.59. The van der Waals surface area contributed by atoms with Crippen molar-refractivity contribution < 1.29 is 14.3 Å². The Morgan fingerprint density at radius 1 is 1.06 bits per heavy atom. The van der Waals surface area contributed by atoms with Crippen molar-refractivity contribution in [2.24, 2.45) is 11.8 Å². The molecule has 0 saturated carbocycles. The third kappa shape index (κ3) is 1.62. The van der Waals surface area contributed by atoms with E-state index in [1.54, 1.807) is 0 Å². The molecule has 4 atom stereocenters. The number of rotatable bonds is 5. The first-order chi connectivity index (χ1) is 8.74. The minimum atomic E-state index is -0.237. The van der Waals surface area contributed by atoms with Crippen LogP contribution in [0.25, 0.3) is 0 Å².